The zero-order valence-electron chi connectivity index (χ0n) is 12.3. The van der Waals surface area contributed by atoms with E-state index in [2.05, 4.69) is 22.3 Å². The molecule has 2 fully saturated rings. The Kier molecular flexibility index (Phi) is 3.82. The molecule has 2 saturated heterocycles. The number of piperazine rings is 1. The fraction of sp³-hybridized carbons (Fsp3) is 0.500. The lowest BCUT2D eigenvalue weighted by Crippen LogP contribution is -2.57. The van der Waals surface area contributed by atoms with Crippen LogP contribution in [0.4, 0.5) is 11.4 Å². The highest BCUT2D eigenvalue weighted by atomic mass is 16.2. The van der Waals surface area contributed by atoms with E-state index in [1.165, 1.54) is 24.9 Å². The predicted molar refractivity (Wildman–Crippen MR) is 82.5 cm³/mol. The highest BCUT2D eigenvalue weighted by Gasteiger charge is 2.30. The summed E-state index contributed by atoms with van der Waals surface area (Å²) in [7, 11) is 0. The van der Waals surface area contributed by atoms with Crippen molar-refractivity contribution in [2.75, 3.05) is 29.4 Å². The van der Waals surface area contributed by atoms with Crippen LogP contribution < -0.4 is 15.1 Å². The van der Waals surface area contributed by atoms with E-state index in [-0.39, 0.29) is 24.4 Å². The molecule has 0 spiro atoms. The number of carbonyl (C=O) groups is 2. The van der Waals surface area contributed by atoms with Gasteiger partial charge in [0.1, 0.15) is 6.04 Å². The maximum absolute atomic E-state index is 11.7. The average molecular weight is 287 g/mol. The molecule has 1 aromatic carbocycles. The molecule has 0 radical (unpaired) electrons. The van der Waals surface area contributed by atoms with E-state index >= 15 is 0 Å². The molecule has 0 aliphatic carbocycles. The van der Waals surface area contributed by atoms with Gasteiger partial charge in [0.2, 0.25) is 11.8 Å². The molecule has 2 aliphatic heterocycles. The summed E-state index contributed by atoms with van der Waals surface area (Å²) < 4.78 is 0. The van der Waals surface area contributed by atoms with E-state index in [4.69, 9.17) is 0 Å². The third-order valence-corrected chi connectivity index (χ3v) is 4.33. The zero-order chi connectivity index (χ0) is 14.8. The molecule has 1 atom stereocenters. The van der Waals surface area contributed by atoms with Gasteiger partial charge < -0.3 is 9.80 Å². The van der Waals surface area contributed by atoms with Crippen LogP contribution >= 0.6 is 0 Å². The van der Waals surface area contributed by atoms with Crippen LogP contribution in [0.3, 0.4) is 0 Å². The van der Waals surface area contributed by atoms with Crippen LogP contribution in [-0.4, -0.2) is 37.5 Å². The number of hydrogen-bond acceptors (Lipinski definition) is 4. The van der Waals surface area contributed by atoms with E-state index in [9.17, 15) is 9.59 Å². The van der Waals surface area contributed by atoms with Gasteiger partial charge in [-0.2, -0.15) is 0 Å². The second kappa shape index (κ2) is 5.76. The highest BCUT2D eigenvalue weighted by molar-refractivity contribution is 6.04. The lowest BCUT2D eigenvalue weighted by atomic mass is 10.1. The van der Waals surface area contributed by atoms with Gasteiger partial charge in [-0.3, -0.25) is 14.9 Å². The summed E-state index contributed by atoms with van der Waals surface area (Å²) in [5.41, 5.74) is 2.14. The summed E-state index contributed by atoms with van der Waals surface area (Å²) >= 11 is 0. The summed E-state index contributed by atoms with van der Waals surface area (Å²) in [5, 5.41) is 2.36. The van der Waals surface area contributed by atoms with Gasteiger partial charge in [-0.25, -0.2) is 0 Å². The predicted octanol–water partition coefficient (Wildman–Crippen LogP) is 1.53. The van der Waals surface area contributed by atoms with Crippen LogP contribution in [-0.2, 0) is 9.59 Å². The van der Waals surface area contributed by atoms with E-state index in [1.54, 1.807) is 0 Å². The van der Waals surface area contributed by atoms with Gasteiger partial charge in [-0.1, -0.05) is 0 Å². The van der Waals surface area contributed by atoms with Gasteiger partial charge in [0.05, 0.1) is 6.54 Å². The van der Waals surface area contributed by atoms with Crippen molar-refractivity contribution in [3.05, 3.63) is 24.3 Å². The van der Waals surface area contributed by atoms with Crippen molar-refractivity contribution < 1.29 is 9.59 Å². The third kappa shape index (κ3) is 2.86. The monoisotopic (exact) mass is 287 g/mol. The topological polar surface area (TPSA) is 52.7 Å². The van der Waals surface area contributed by atoms with E-state index in [1.807, 2.05) is 24.0 Å². The summed E-state index contributed by atoms with van der Waals surface area (Å²) in [6.07, 6.45) is 3.82. The lowest BCUT2D eigenvalue weighted by molar-refractivity contribution is -0.132. The molecule has 1 aromatic rings. The Hall–Kier alpha value is -2.04. The Labute approximate surface area is 124 Å². The minimum Gasteiger partial charge on any atom is -0.372 e. The number of nitrogens with one attached hydrogen (secondary N) is 1. The summed E-state index contributed by atoms with van der Waals surface area (Å²) in [6, 6.07) is 7.87. The number of benzene rings is 1. The van der Waals surface area contributed by atoms with Crippen LogP contribution in [0.15, 0.2) is 24.3 Å². The maximum Gasteiger partial charge on any atom is 0.249 e. The SMILES string of the molecule is CC1C(=O)NC(=O)CN1c1ccc(N2CCCCC2)cc1. The molecule has 0 saturated carbocycles. The third-order valence-electron chi connectivity index (χ3n) is 4.33. The van der Waals surface area contributed by atoms with E-state index in [0.29, 0.717) is 0 Å². The number of piperidine rings is 1. The molecule has 0 bridgehead atoms. The van der Waals surface area contributed by atoms with Crippen LogP contribution in [0, 0.1) is 0 Å². The van der Waals surface area contributed by atoms with Gasteiger partial charge in [0, 0.05) is 24.5 Å². The molecule has 1 N–H and O–H groups in total. The van der Waals surface area contributed by atoms with Crippen molar-refractivity contribution in [3.8, 4) is 0 Å². The summed E-state index contributed by atoms with van der Waals surface area (Å²) in [4.78, 5) is 27.5. The fourth-order valence-electron chi connectivity index (χ4n) is 3.04. The first kappa shape index (κ1) is 13.9. The van der Waals surface area contributed by atoms with Crippen molar-refractivity contribution >= 4 is 23.2 Å². The Bertz CT molecular complexity index is 535. The summed E-state index contributed by atoms with van der Waals surface area (Å²) in [5.74, 6) is -0.468. The largest absolute Gasteiger partial charge is 0.372 e. The zero-order valence-corrected chi connectivity index (χ0v) is 12.3. The second-order valence-electron chi connectivity index (χ2n) is 5.78. The molecule has 2 aliphatic rings. The first-order valence-corrected chi connectivity index (χ1v) is 7.60. The van der Waals surface area contributed by atoms with Crippen LogP contribution in [0.1, 0.15) is 26.2 Å². The number of imide groups is 1. The van der Waals surface area contributed by atoms with Crippen molar-refractivity contribution in [1.82, 2.24) is 5.32 Å². The average Bonchev–Trinajstić information content (AvgIpc) is 2.52. The molecular formula is C16H21N3O2. The quantitative estimate of drug-likeness (QED) is 0.838. The number of hydrogen-bond donors (Lipinski definition) is 1. The second-order valence-corrected chi connectivity index (χ2v) is 5.78. The molecular weight excluding hydrogens is 266 g/mol. The van der Waals surface area contributed by atoms with E-state index < -0.39 is 0 Å². The van der Waals surface area contributed by atoms with Gasteiger partial charge in [-0.05, 0) is 50.5 Å². The van der Waals surface area contributed by atoms with Crippen LogP contribution in [0.2, 0.25) is 0 Å². The lowest BCUT2D eigenvalue weighted by Gasteiger charge is -2.34. The standard InChI is InChI=1S/C16H21N3O2/c1-12-16(21)17-15(20)11-19(12)14-7-5-13(6-8-14)18-9-3-2-4-10-18/h5-8,12H,2-4,9-11H2,1H3,(H,17,20,21). The Morgan fingerprint density at radius 1 is 1.00 bits per heavy atom. The minimum absolute atomic E-state index is 0.230. The molecule has 1 unspecified atom stereocenters. The van der Waals surface area contributed by atoms with Gasteiger partial charge in [0.15, 0.2) is 0 Å². The van der Waals surface area contributed by atoms with Crippen molar-refractivity contribution in [1.29, 1.82) is 0 Å². The number of anilines is 2. The van der Waals surface area contributed by atoms with Gasteiger partial charge in [-0.15, -0.1) is 0 Å². The van der Waals surface area contributed by atoms with Crippen LogP contribution in [0.25, 0.3) is 0 Å². The molecule has 21 heavy (non-hydrogen) atoms. The number of nitrogens with zero attached hydrogens (tertiary/aromatic N) is 2. The van der Waals surface area contributed by atoms with Crippen LogP contribution in [0.5, 0.6) is 0 Å². The fourth-order valence-corrected chi connectivity index (χ4v) is 3.04. The Morgan fingerprint density at radius 3 is 2.29 bits per heavy atom. The van der Waals surface area contributed by atoms with Crippen molar-refractivity contribution in [2.24, 2.45) is 0 Å². The number of amides is 2. The molecule has 2 amide bonds. The first-order valence-electron chi connectivity index (χ1n) is 7.60. The molecule has 5 heteroatoms. The minimum atomic E-state index is -0.316. The smallest absolute Gasteiger partial charge is 0.249 e. The molecule has 0 aromatic heterocycles. The molecule has 2 heterocycles. The van der Waals surface area contributed by atoms with Crippen molar-refractivity contribution in [2.45, 2.75) is 32.2 Å². The normalized spacial score (nSPS) is 23.2. The molecule has 5 nitrogen and oxygen atoms in total. The van der Waals surface area contributed by atoms with Gasteiger partial charge in [0.25, 0.3) is 0 Å². The Morgan fingerprint density at radius 2 is 1.62 bits per heavy atom. The highest BCUT2D eigenvalue weighted by Crippen LogP contribution is 2.25. The van der Waals surface area contributed by atoms with E-state index in [0.717, 1.165) is 18.8 Å². The maximum atomic E-state index is 11.7. The molecule has 3 rings (SSSR count). The molecule has 112 valence electrons. The number of carbonyl (C=O) groups excluding carboxylic acids is 2. The van der Waals surface area contributed by atoms with Crippen molar-refractivity contribution in [3.63, 3.8) is 0 Å². The summed E-state index contributed by atoms with van der Waals surface area (Å²) in [6.45, 7) is 4.27. The number of rotatable bonds is 2. The Balaban J connectivity index is 1.76. The van der Waals surface area contributed by atoms with Gasteiger partial charge >= 0.3 is 0 Å². The first-order chi connectivity index (χ1) is 10.1.